The second-order valence-corrected chi connectivity index (χ2v) is 10.2. The molecule has 2 aromatic carbocycles. The molecule has 38 heavy (non-hydrogen) atoms. The van der Waals surface area contributed by atoms with Gasteiger partial charge in [0, 0.05) is 18.7 Å². The molecule has 8 nitrogen and oxygen atoms in total. The first-order valence-corrected chi connectivity index (χ1v) is 14.0. The van der Waals surface area contributed by atoms with Gasteiger partial charge in [0.2, 0.25) is 5.91 Å². The molecular weight excluding hydrogens is 482 g/mol. The molecule has 0 aliphatic carbocycles. The molecule has 1 amide bonds. The van der Waals surface area contributed by atoms with Crippen molar-refractivity contribution in [1.82, 2.24) is 10.2 Å². The number of nitrogens with one attached hydrogen (secondary N) is 1. The minimum absolute atomic E-state index is 0.0245. The van der Waals surface area contributed by atoms with E-state index in [1.807, 2.05) is 18.2 Å². The Labute approximate surface area is 225 Å². The third kappa shape index (κ3) is 7.63. The molecule has 206 valence electrons. The van der Waals surface area contributed by atoms with Crippen LogP contribution in [0.3, 0.4) is 0 Å². The molecule has 0 saturated carbocycles. The number of nitrogens with zero attached hydrogens (tertiary/aromatic N) is 1. The van der Waals surface area contributed by atoms with Crippen LogP contribution in [0.15, 0.2) is 42.5 Å². The van der Waals surface area contributed by atoms with E-state index in [1.165, 1.54) is 12.8 Å². The van der Waals surface area contributed by atoms with E-state index < -0.39 is 18.1 Å². The van der Waals surface area contributed by atoms with E-state index in [0.29, 0.717) is 48.9 Å². The van der Waals surface area contributed by atoms with E-state index in [0.717, 1.165) is 50.8 Å². The van der Waals surface area contributed by atoms with Crippen LogP contribution in [0.4, 0.5) is 5.69 Å². The first-order chi connectivity index (χ1) is 18.5. The van der Waals surface area contributed by atoms with Crippen molar-refractivity contribution in [2.45, 2.75) is 70.4 Å². The van der Waals surface area contributed by atoms with Gasteiger partial charge in [-0.1, -0.05) is 50.8 Å². The lowest BCUT2D eigenvalue weighted by atomic mass is 9.99. The van der Waals surface area contributed by atoms with Crippen molar-refractivity contribution in [3.8, 4) is 11.5 Å². The largest absolute Gasteiger partial charge is 0.486 e. The van der Waals surface area contributed by atoms with Crippen LogP contribution in [0.25, 0.3) is 0 Å². The van der Waals surface area contributed by atoms with Crippen LogP contribution in [0.2, 0.25) is 0 Å². The number of ether oxygens (including phenoxy) is 3. The standard InChI is InChI=1S/C30H41N3O5/c1-2-3-4-5-6-13-28(34)32-25(21-33-16-9-10-17-33)29(38-30(35)23-11-7-8-12-24(23)31)22-14-15-26-27(20-22)37-19-18-36-26/h7-8,11-12,14-15,20,25,29H,2-6,9-10,13,16-19,21,31H2,1H3,(H,32,34). The molecule has 1 saturated heterocycles. The molecule has 4 rings (SSSR count). The average Bonchev–Trinajstić information content (AvgIpc) is 3.44. The van der Waals surface area contributed by atoms with Crippen LogP contribution in [-0.2, 0) is 9.53 Å². The van der Waals surface area contributed by atoms with E-state index >= 15 is 0 Å². The molecule has 3 N–H and O–H groups in total. The lowest BCUT2D eigenvalue weighted by Crippen LogP contribution is -2.47. The number of esters is 1. The number of hydrogen-bond acceptors (Lipinski definition) is 7. The van der Waals surface area contributed by atoms with Gasteiger partial charge < -0.3 is 30.2 Å². The summed E-state index contributed by atoms with van der Waals surface area (Å²) in [6.07, 6.45) is 7.32. The maximum absolute atomic E-state index is 13.4. The fourth-order valence-corrected chi connectivity index (χ4v) is 5.11. The summed E-state index contributed by atoms with van der Waals surface area (Å²) in [5, 5.41) is 3.22. The molecule has 2 aliphatic heterocycles. The Kier molecular flexibility index (Phi) is 10.3. The number of amides is 1. The highest BCUT2D eigenvalue weighted by Gasteiger charge is 2.32. The number of rotatable bonds is 13. The van der Waals surface area contributed by atoms with Gasteiger partial charge in [-0.05, 0) is 62.2 Å². The summed E-state index contributed by atoms with van der Waals surface area (Å²) in [4.78, 5) is 28.8. The van der Waals surface area contributed by atoms with E-state index in [4.69, 9.17) is 19.9 Å². The van der Waals surface area contributed by atoms with E-state index in [2.05, 4.69) is 17.1 Å². The molecule has 2 heterocycles. The summed E-state index contributed by atoms with van der Waals surface area (Å²) in [6.45, 7) is 5.61. The van der Waals surface area contributed by atoms with Crippen LogP contribution in [0.1, 0.15) is 80.3 Å². The predicted octanol–water partition coefficient (Wildman–Crippen LogP) is 4.88. The zero-order valence-corrected chi connectivity index (χ0v) is 22.5. The minimum atomic E-state index is -0.734. The quantitative estimate of drug-likeness (QED) is 0.219. The van der Waals surface area contributed by atoms with E-state index in [1.54, 1.807) is 24.3 Å². The summed E-state index contributed by atoms with van der Waals surface area (Å²) < 4.78 is 17.7. The maximum atomic E-state index is 13.4. The minimum Gasteiger partial charge on any atom is -0.486 e. The van der Waals surface area contributed by atoms with Crippen molar-refractivity contribution < 1.29 is 23.8 Å². The van der Waals surface area contributed by atoms with E-state index in [-0.39, 0.29) is 5.91 Å². The summed E-state index contributed by atoms with van der Waals surface area (Å²) in [7, 11) is 0. The Bertz CT molecular complexity index is 1070. The monoisotopic (exact) mass is 523 g/mol. The lowest BCUT2D eigenvalue weighted by Gasteiger charge is -2.32. The van der Waals surface area contributed by atoms with Gasteiger partial charge in [0.1, 0.15) is 19.3 Å². The van der Waals surface area contributed by atoms with Gasteiger partial charge in [-0.25, -0.2) is 4.79 Å². The Hall–Kier alpha value is -3.26. The molecule has 8 heteroatoms. The first kappa shape index (κ1) is 27.8. The van der Waals surface area contributed by atoms with Crippen LogP contribution in [0, 0.1) is 0 Å². The summed E-state index contributed by atoms with van der Waals surface area (Å²) in [5.41, 5.74) is 7.49. The number of carbonyl (C=O) groups is 2. The number of unbranched alkanes of at least 4 members (excludes halogenated alkanes) is 4. The SMILES string of the molecule is CCCCCCCC(=O)NC(CN1CCCC1)C(OC(=O)c1ccccc1N)c1ccc2c(c1)OCCO2. The third-order valence-corrected chi connectivity index (χ3v) is 7.18. The first-order valence-electron chi connectivity index (χ1n) is 14.0. The smallest absolute Gasteiger partial charge is 0.340 e. The molecule has 0 radical (unpaired) electrons. The number of nitrogens with two attached hydrogens (primary N) is 1. The topological polar surface area (TPSA) is 103 Å². The number of carbonyl (C=O) groups excluding carboxylic acids is 2. The van der Waals surface area contributed by atoms with Crippen LogP contribution >= 0.6 is 0 Å². The Balaban J connectivity index is 1.59. The van der Waals surface area contributed by atoms with Gasteiger partial charge in [0.05, 0.1) is 11.6 Å². The molecule has 0 bridgehead atoms. The van der Waals surface area contributed by atoms with Crippen LogP contribution < -0.4 is 20.5 Å². The predicted molar refractivity (Wildman–Crippen MR) is 147 cm³/mol. The fourth-order valence-electron chi connectivity index (χ4n) is 5.11. The van der Waals surface area contributed by atoms with Crippen molar-refractivity contribution in [2.75, 3.05) is 38.6 Å². The second kappa shape index (κ2) is 14.0. The number of nitrogen functional groups attached to an aromatic ring is 1. The van der Waals surface area contributed by atoms with Gasteiger partial charge in [-0.2, -0.15) is 0 Å². The molecule has 2 aromatic rings. The number of fused-ring (bicyclic) bond motifs is 1. The lowest BCUT2D eigenvalue weighted by molar-refractivity contribution is -0.123. The Morgan fingerprint density at radius 2 is 1.74 bits per heavy atom. The molecule has 2 atom stereocenters. The summed E-state index contributed by atoms with van der Waals surface area (Å²) in [5.74, 6) is 0.715. The van der Waals surface area contributed by atoms with Crippen LogP contribution in [-0.4, -0.2) is 55.7 Å². The van der Waals surface area contributed by atoms with Crippen molar-refractivity contribution >= 4 is 17.6 Å². The molecule has 2 aliphatic rings. The van der Waals surface area contributed by atoms with Gasteiger partial charge in [-0.3, -0.25) is 4.79 Å². The summed E-state index contributed by atoms with van der Waals surface area (Å²) in [6, 6.07) is 12.0. The molecular formula is C30H41N3O5. The number of anilines is 1. The third-order valence-electron chi connectivity index (χ3n) is 7.18. The molecule has 0 spiro atoms. The highest BCUT2D eigenvalue weighted by molar-refractivity contribution is 5.95. The fraction of sp³-hybridized carbons (Fsp3) is 0.533. The highest BCUT2D eigenvalue weighted by Crippen LogP contribution is 2.35. The van der Waals surface area contributed by atoms with E-state index in [9.17, 15) is 9.59 Å². The number of hydrogen-bond donors (Lipinski definition) is 2. The zero-order chi connectivity index (χ0) is 26.7. The Morgan fingerprint density at radius 3 is 2.50 bits per heavy atom. The molecule has 2 unspecified atom stereocenters. The molecule has 0 aromatic heterocycles. The van der Waals surface area contributed by atoms with Crippen molar-refractivity contribution in [1.29, 1.82) is 0 Å². The van der Waals surface area contributed by atoms with Crippen molar-refractivity contribution in [3.63, 3.8) is 0 Å². The highest BCUT2D eigenvalue weighted by atomic mass is 16.6. The second-order valence-electron chi connectivity index (χ2n) is 10.2. The normalized spacial score (nSPS) is 16.6. The number of benzene rings is 2. The maximum Gasteiger partial charge on any atom is 0.340 e. The zero-order valence-electron chi connectivity index (χ0n) is 22.5. The molecule has 1 fully saturated rings. The number of likely N-dealkylation sites (tertiary alicyclic amines) is 1. The van der Waals surface area contributed by atoms with Crippen LogP contribution in [0.5, 0.6) is 11.5 Å². The average molecular weight is 524 g/mol. The van der Waals surface area contributed by atoms with Gasteiger partial charge in [-0.15, -0.1) is 0 Å². The van der Waals surface area contributed by atoms with Gasteiger partial charge >= 0.3 is 5.97 Å². The van der Waals surface area contributed by atoms with Crippen molar-refractivity contribution in [3.05, 3.63) is 53.6 Å². The van der Waals surface area contributed by atoms with Gasteiger partial charge in [0.25, 0.3) is 0 Å². The summed E-state index contributed by atoms with van der Waals surface area (Å²) >= 11 is 0. The number of para-hydroxylation sites is 1. The van der Waals surface area contributed by atoms with Crippen molar-refractivity contribution in [2.24, 2.45) is 0 Å². The van der Waals surface area contributed by atoms with Gasteiger partial charge in [0.15, 0.2) is 11.5 Å². The Morgan fingerprint density at radius 1 is 1.00 bits per heavy atom.